The third-order valence-electron chi connectivity index (χ3n) is 5.54. The summed E-state index contributed by atoms with van der Waals surface area (Å²) < 4.78 is 8.69. The highest BCUT2D eigenvalue weighted by Gasteiger charge is 2.20. The minimum absolute atomic E-state index is 0.140. The fourth-order valence-electron chi connectivity index (χ4n) is 3.68. The standard InChI is InChI=1S/C24H27N5O3/c1-5-27(6-2)21(30)15-28-24(31)29-20-10-8-7-9-19(20)25-23(22(29)26-28)32-18-13-11-17(12-14-18)16(3)4/h7-14,16H,5-6,15H2,1-4H3. The summed E-state index contributed by atoms with van der Waals surface area (Å²) in [6, 6.07) is 15.1. The number of rotatable bonds is 7. The molecule has 8 nitrogen and oxygen atoms in total. The van der Waals surface area contributed by atoms with Crippen LogP contribution in [0.3, 0.4) is 0 Å². The first-order chi connectivity index (χ1) is 15.4. The van der Waals surface area contributed by atoms with E-state index in [0.29, 0.717) is 35.8 Å². The highest BCUT2D eigenvalue weighted by molar-refractivity contribution is 5.80. The van der Waals surface area contributed by atoms with Crippen molar-refractivity contribution in [3.05, 3.63) is 64.6 Å². The zero-order chi connectivity index (χ0) is 22.8. The second-order valence-corrected chi connectivity index (χ2v) is 7.90. The average molecular weight is 434 g/mol. The van der Waals surface area contributed by atoms with Crippen LogP contribution in [-0.4, -0.2) is 43.1 Å². The lowest BCUT2D eigenvalue weighted by molar-refractivity contribution is -0.131. The SMILES string of the molecule is CCN(CC)C(=O)Cn1nc2c(Oc3ccc(C(C)C)cc3)nc3ccccc3n2c1=O. The maximum Gasteiger partial charge on any atom is 0.351 e. The summed E-state index contributed by atoms with van der Waals surface area (Å²) in [6.07, 6.45) is 0. The van der Waals surface area contributed by atoms with Gasteiger partial charge in [0, 0.05) is 13.1 Å². The summed E-state index contributed by atoms with van der Waals surface area (Å²) in [4.78, 5) is 32.1. The molecule has 0 fully saturated rings. The van der Waals surface area contributed by atoms with Crippen molar-refractivity contribution < 1.29 is 9.53 Å². The third kappa shape index (κ3) is 3.95. The first kappa shape index (κ1) is 21.5. The largest absolute Gasteiger partial charge is 0.436 e. The van der Waals surface area contributed by atoms with E-state index in [-0.39, 0.29) is 24.0 Å². The Kier molecular flexibility index (Phi) is 5.94. The van der Waals surface area contributed by atoms with Gasteiger partial charge in [-0.05, 0) is 49.6 Å². The van der Waals surface area contributed by atoms with Gasteiger partial charge in [-0.15, -0.1) is 5.10 Å². The number of benzene rings is 2. The van der Waals surface area contributed by atoms with Crippen molar-refractivity contribution in [1.82, 2.24) is 24.1 Å². The molecule has 2 heterocycles. The maximum absolute atomic E-state index is 13.2. The second-order valence-electron chi connectivity index (χ2n) is 7.90. The normalized spacial score (nSPS) is 11.4. The fraction of sp³-hybridized carbons (Fsp3) is 0.333. The second kappa shape index (κ2) is 8.82. The predicted octanol–water partition coefficient (Wildman–Crippen LogP) is 3.83. The number of ether oxygens (including phenoxy) is 1. The number of hydrogen-bond acceptors (Lipinski definition) is 5. The van der Waals surface area contributed by atoms with Crippen molar-refractivity contribution in [1.29, 1.82) is 0 Å². The molecule has 0 saturated heterocycles. The van der Waals surface area contributed by atoms with Crippen molar-refractivity contribution in [3.8, 4) is 11.6 Å². The number of aromatic nitrogens is 4. The van der Waals surface area contributed by atoms with Gasteiger partial charge in [-0.25, -0.2) is 18.9 Å². The molecule has 2 aromatic heterocycles. The number of carbonyl (C=O) groups excluding carboxylic acids is 1. The molecule has 32 heavy (non-hydrogen) atoms. The third-order valence-corrected chi connectivity index (χ3v) is 5.54. The Morgan fingerprint density at radius 1 is 1.06 bits per heavy atom. The number of carbonyl (C=O) groups is 1. The van der Waals surface area contributed by atoms with Crippen LogP contribution in [0.25, 0.3) is 16.7 Å². The molecule has 0 saturated carbocycles. The molecular weight excluding hydrogens is 406 g/mol. The van der Waals surface area contributed by atoms with Crippen LogP contribution in [0.2, 0.25) is 0 Å². The highest BCUT2D eigenvalue weighted by atomic mass is 16.5. The van der Waals surface area contributed by atoms with Crippen molar-refractivity contribution in [2.75, 3.05) is 13.1 Å². The van der Waals surface area contributed by atoms with E-state index >= 15 is 0 Å². The Balaban J connectivity index is 1.81. The monoisotopic (exact) mass is 433 g/mol. The predicted molar refractivity (Wildman–Crippen MR) is 123 cm³/mol. The number of hydrogen-bond donors (Lipinski definition) is 0. The summed E-state index contributed by atoms with van der Waals surface area (Å²) in [6.45, 7) is 9.07. The maximum atomic E-state index is 13.2. The summed E-state index contributed by atoms with van der Waals surface area (Å²) in [5.74, 6) is 1.06. The Bertz CT molecular complexity index is 1320. The van der Waals surface area contributed by atoms with Gasteiger partial charge in [-0.2, -0.15) is 0 Å². The molecule has 8 heteroatoms. The van der Waals surface area contributed by atoms with E-state index < -0.39 is 5.69 Å². The molecule has 166 valence electrons. The molecule has 2 aromatic carbocycles. The lowest BCUT2D eigenvalue weighted by Crippen LogP contribution is -2.36. The van der Waals surface area contributed by atoms with Gasteiger partial charge in [0.05, 0.1) is 11.0 Å². The Hall–Kier alpha value is -3.68. The van der Waals surface area contributed by atoms with E-state index in [9.17, 15) is 9.59 Å². The summed E-state index contributed by atoms with van der Waals surface area (Å²) in [5, 5.41) is 4.43. The van der Waals surface area contributed by atoms with Crippen molar-refractivity contribution >= 4 is 22.6 Å². The van der Waals surface area contributed by atoms with Crippen LogP contribution in [0.4, 0.5) is 0 Å². The van der Waals surface area contributed by atoms with E-state index in [1.54, 1.807) is 11.0 Å². The van der Waals surface area contributed by atoms with Gasteiger partial charge in [0.15, 0.2) is 0 Å². The summed E-state index contributed by atoms with van der Waals surface area (Å²) >= 11 is 0. The van der Waals surface area contributed by atoms with Gasteiger partial charge in [-0.1, -0.05) is 38.1 Å². The molecule has 0 aliphatic carbocycles. The molecule has 0 atom stereocenters. The van der Waals surface area contributed by atoms with Gasteiger partial charge in [0.25, 0.3) is 5.88 Å². The minimum atomic E-state index is -0.404. The summed E-state index contributed by atoms with van der Waals surface area (Å²) in [7, 11) is 0. The first-order valence-electron chi connectivity index (χ1n) is 10.9. The van der Waals surface area contributed by atoms with Gasteiger partial charge < -0.3 is 9.64 Å². The Morgan fingerprint density at radius 3 is 2.41 bits per heavy atom. The molecule has 4 rings (SSSR count). The molecule has 0 radical (unpaired) electrons. The smallest absolute Gasteiger partial charge is 0.351 e. The van der Waals surface area contributed by atoms with E-state index in [1.165, 1.54) is 14.6 Å². The zero-order valence-electron chi connectivity index (χ0n) is 18.8. The van der Waals surface area contributed by atoms with E-state index in [0.717, 1.165) is 0 Å². The van der Waals surface area contributed by atoms with Crippen LogP contribution in [-0.2, 0) is 11.3 Å². The quantitative estimate of drug-likeness (QED) is 0.442. The van der Waals surface area contributed by atoms with Gasteiger partial charge >= 0.3 is 5.69 Å². The molecule has 0 N–H and O–H groups in total. The molecule has 0 unspecified atom stereocenters. The van der Waals surface area contributed by atoms with Crippen molar-refractivity contribution in [3.63, 3.8) is 0 Å². The highest BCUT2D eigenvalue weighted by Crippen LogP contribution is 2.27. The molecule has 1 amide bonds. The zero-order valence-corrected chi connectivity index (χ0v) is 18.8. The van der Waals surface area contributed by atoms with Crippen LogP contribution >= 0.6 is 0 Å². The number of likely N-dealkylation sites (N-methyl/N-ethyl adjacent to an activating group) is 1. The molecule has 0 bridgehead atoms. The summed E-state index contributed by atoms with van der Waals surface area (Å²) in [5.41, 5.74) is 2.28. The van der Waals surface area contributed by atoms with Crippen LogP contribution in [0.1, 0.15) is 39.2 Å². The number of fused-ring (bicyclic) bond motifs is 3. The van der Waals surface area contributed by atoms with Crippen molar-refractivity contribution in [2.45, 2.75) is 40.2 Å². The van der Waals surface area contributed by atoms with Gasteiger partial charge in [0.1, 0.15) is 12.3 Å². The van der Waals surface area contributed by atoms with Crippen LogP contribution < -0.4 is 10.4 Å². The van der Waals surface area contributed by atoms with Crippen LogP contribution in [0, 0.1) is 0 Å². The Labute approximate surface area is 186 Å². The molecule has 0 spiro atoms. The molecule has 0 aliphatic heterocycles. The van der Waals surface area contributed by atoms with Gasteiger partial charge in [0.2, 0.25) is 11.6 Å². The number of amides is 1. The molecule has 4 aromatic rings. The minimum Gasteiger partial charge on any atom is -0.436 e. The van der Waals surface area contributed by atoms with Crippen LogP contribution in [0.5, 0.6) is 11.6 Å². The molecular formula is C24H27N5O3. The number of para-hydroxylation sites is 2. The van der Waals surface area contributed by atoms with E-state index in [2.05, 4.69) is 23.9 Å². The Morgan fingerprint density at radius 2 is 1.75 bits per heavy atom. The first-order valence-corrected chi connectivity index (χ1v) is 10.9. The van der Waals surface area contributed by atoms with Crippen LogP contribution in [0.15, 0.2) is 53.3 Å². The lowest BCUT2D eigenvalue weighted by Gasteiger charge is -2.17. The van der Waals surface area contributed by atoms with Gasteiger partial charge in [-0.3, -0.25) is 4.79 Å². The lowest BCUT2D eigenvalue weighted by atomic mass is 10.0. The average Bonchev–Trinajstić information content (AvgIpc) is 3.11. The van der Waals surface area contributed by atoms with E-state index in [1.807, 2.05) is 56.3 Å². The van der Waals surface area contributed by atoms with Crippen molar-refractivity contribution in [2.24, 2.45) is 0 Å². The molecule has 0 aliphatic rings. The van der Waals surface area contributed by atoms with E-state index in [4.69, 9.17) is 4.74 Å². The number of nitrogens with zero attached hydrogens (tertiary/aromatic N) is 5. The topological polar surface area (TPSA) is 81.7 Å². The fourth-order valence-corrected chi connectivity index (χ4v) is 3.68.